The van der Waals surface area contributed by atoms with E-state index in [0.29, 0.717) is 6.54 Å². The van der Waals surface area contributed by atoms with Gasteiger partial charge >= 0.3 is 0 Å². The number of aryl methyl sites for hydroxylation is 2. The summed E-state index contributed by atoms with van der Waals surface area (Å²) < 4.78 is 5.46. The fourth-order valence-corrected chi connectivity index (χ4v) is 2.73. The number of ether oxygens (including phenoxy) is 1. The molecule has 0 bridgehead atoms. The molecule has 1 aromatic rings. The fourth-order valence-electron chi connectivity index (χ4n) is 1.78. The SMILES string of the molecule is Cc1cc(C(=O)NC[C@@H]2CCCO2)sc1C. The predicted octanol–water partition coefficient (Wildman–Crippen LogP) is 2.27. The Hall–Kier alpha value is -0.870. The fraction of sp³-hybridized carbons (Fsp3) is 0.583. The number of hydrogen-bond donors (Lipinski definition) is 1. The van der Waals surface area contributed by atoms with Gasteiger partial charge in [-0.2, -0.15) is 0 Å². The Balaban J connectivity index is 1.87. The van der Waals surface area contributed by atoms with Crippen LogP contribution in [0.3, 0.4) is 0 Å². The van der Waals surface area contributed by atoms with Crippen molar-refractivity contribution in [1.82, 2.24) is 5.32 Å². The van der Waals surface area contributed by atoms with E-state index in [2.05, 4.69) is 5.32 Å². The summed E-state index contributed by atoms with van der Waals surface area (Å²) in [6.45, 7) is 5.53. The van der Waals surface area contributed by atoms with E-state index in [1.807, 2.05) is 19.9 Å². The molecular formula is C12H17NO2S. The molecule has 2 rings (SSSR count). The first kappa shape index (κ1) is 11.6. The van der Waals surface area contributed by atoms with E-state index in [1.54, 1.807) is 11.3 Å². The molecule has 4 heteroatoms. The zero-order valence-corrected chi connectivity index (χ0v) is 10.5. The van der Waals surface area contributed by atoms with Gasteiger partial charge < -0.3 is 10.1 Å². The highest BCUT2D eigenvalue weighted by Crippen LogP contribution is 2.20. The van der Waals surface area contributed by atoms with Crippen molar-refractivity contribution in [1.29, 1.82) is 0 Å². The minimum absolute atomic E-state index is 0.0247. The van der Waals surface area contributed by atoms with Crippen molar-refractivity contribution in [3.63, 3.8) is 0 Å². The van der Waals surface area contributed by atoms with E-state index < -0.39 is 0 Å². The molecule has 88 valence electrons. The largest absolute Gasteiger partial charge is 0.376 e. The van der Waals surface area contributed by atoms with Crippen LogP contribution in [-0.4, -0.2) is 25.2 Å². The summed E-state index contributed by atoms with van der Waals surface area (Å²) in [6.07, 6.45) is 2.38. The van der Waals surface area contributed by atoms with Gasteiger partial charge in [0.15, 0.2) is 0 Å². The highest BCUT2D eigenvalue weighted by atomic mass is 32.1. The monoisotopic (exact) mass is 239 g/mol. The lowest BCUT2D eigenvalue weighted by molar-refractivity contribution is 0.0861. The lowest BCUT2D eigenvalue weighted by atomic mass is 10.2. The minimum Gasteiger partial charge on any atom is -0.376 e. The van der Waals surface area contributed by atoms with Crippen molar-refractivity contribution < 1.29 is 9.53 Å². The molecule has 1 fully saturated rings. The molecule has 1 N–H and O–H groups in total. The highest BCUT2D eigenvalue weighted by Gasteiger charge is 2.17. The summed E-state index contributed by atoms with van der Waals surface area (Å²) in [6, 6.07) is 1.95. The van der Waals surface area contributed by atoms with Crippen molar-refractivity contribution >= 4 is 17.2 Å². The van der Waals surface area contributed by atoms with E-state index >= 15 is 0 Å². The van der Waals surface area contributed by atoms with Crippen LogP contribution in [0.15, 0.2) is 6.07 Å². The van der Waals surface area contributed by atoms with E-state index in [1.165, 1.54) is 10.4 Å². The van der Waals surface area contributed by atoms with Crippen LogP contribution in [0.1, 0.15) is 33.0 Å². The third-order valence-electron chi connectivity index (χ3n) is 2.90. The number of thiophene rings is 1. The van der Waals surface area contributed by atoms with Gasteiger partial charge in [-0.1, -0.05) is 0 Å². The number of nitrogens with one attached hydrogen (secondary N) is 1. The molecule has 0 unspecified atom stereocenters. The van der Waals surface area contributed by atoms with Crippen LogP contribution in [0.2, 0.25) is 0 Å². The maximum atomic E-state index is 11.8. The van der Waals surface area contributed by atoms with Gasteiger partial charge in [-0.05, 0) is 38.3 Å². The van der Waals surface area contributed by atoms with Gasteiger partial charge in [0, 0.05) is 18.0 Å². The molecule has 0 saturated carbocycles. The van der Waals surface area contributed by atoms with Crippen LogP contribution in [0.25, 0.3) is 0 Å². The minimum atomic E-state index is 0.0247. The first-order valence-corrected chi connectivity index (χ1v) is 6.45. The zero-order valence-electron chi connectivity index (χ0n) is 9.71. The molecule has 1 atom stereocenters. The second kappa shape index (κ2) is 4.97. The maximum Gasteiger partial charge on any atom is 0.261 e. The van der Waals surface area contributed by atoms with Gasteiger partial charge in [0.25, 0.3) is 5.91 Å². The topological polar surface area (TPSA) is 38.3 Å². The molecule has 1 aromatic heterocycles. The molecule has 0 radical (unpaired) electrons. The average Bonchev–Trinajstić information content (AvgIpc) is 2.86. The first-order chi connectivity index (χ1) is 7.66. The van der Waals surface area contributed by atoms with Crippen LogP contribution < -0.4 is 5.32 Å². The van der Waals surface area contributed by atoms with Crippen molar-refractivity contribution in [2.75, 3.05) is 13.2 Å². The first-order valence-electron chi connectivity index (χ1n) is 5.63. The normalized spacial score (nSPS) is 20.0. The lowest BCUT2D eigenvalue weighted by Crippen LogP contribution is -2.31. The number of rotatable bonds is 3. The Labute approximate surface area is 99.8 Å². The van der Waals surface area contributed by atoms with E-state index in [0.717, 1.165) is 24.3 Å². The molecule has 0 aliphatic carbocycles. The molecule has 1 aliphatic heterocycles. The second-order valence-electron chi connectivity index (χ2n) is 4.19. The Morgan fingerprint density at radius 3 is 3.00 bits per heavy atom. The summed E-state index contributed by atoms with van der Waals surface area (Å²) in [4.78, 5) is 13.8. The smallest absolute Gasteiger partial charge is 0.261 e. The number of carbonyl (C=O) groups is 1. The van der Waals surface area contributed by atoms with Crippen LogP contribution in [0.5, 0.6) is 0 Å². The van der Waals surface area contributed by atoms with E-state index in [9.17, 15) is 4.79 Å². The van der Waals surface area contributed by atoms with Gasteiger partial charge in [0.2, 0.25) is 0 Å². The van der Waals surface area contributed by atoms with Gasteiger partial charge in [-0.3, -0.25) is 4.79 Å². The summed E-state index contributed by atoms with van der Waals surface area (Å²) in [7, 11) is 0. The Morgan fingerprint density at radius 2 is 2.44 bits per heavy atom. The quantitative estimate of drug-likeness (QED) is 0.878. The summed E-state index contributed by atoms with van der Waals surface area (Å²) in [5.41, 5.74) is 1.19. The molecule has 16 heavy (non-hydrogen) atoms. The molecule has 1 amide bonds. The van der Waals surface area contributed by atoms with E-state index in [4.69, 9.17) is 4.74 Å². The predicted molar refractivity (Wildman–Crippen MR) is 65.1 cm³/mol. The third-order valence-corrected chi connectivity index (χ3v) is 4.06. The Morgan fingerprint density at radius 1 is 1.62 bits per heavy atom. The maximum absolute atomic E-state index is 11.8. The van der Waals surface area contributed by atoms with Gasteiger partial charge in [0.05, 0.1) is 11.0 Å². The van der Waals surface area contributed by atoms with Crippen molar-refractivity contribution in [3.05, 3.63) is 21.4 Å². The molecule has 0 spiro atoms. The highest BCUT2D eigenvalue weighted by molar-refractivity contribution is 7.14. The van der Waals surface area contributed by atoms with Crippen LogP contribution in [-0.2, 0) is 4.74 Å². The van der Waals surface area contributed by atoms with Gasteiger partial charge in [-0.25, -0.2) is 0 Å². The Kier molecular flexibility index (Phi) is 3.61. The number of amides is 1. The number of hydrogen-bond acceptors (Lipinski definition) is 3. The van der Waals surface area contributed by atoms with E-state index in [-0.39, 0.29) is 12.0 Å². The Bertz CT molecular complexity index is 361. The molecule has 3 nitrogen and oxygen atoms in total. The molecule has 2 heterocycles. The molecular weight excluding hydrogens is 222 g/mol. The second-order valence-corrected chi connectivity index (χ2v) is 5.45. The standard InChI is InChI=1S/C12H17NO2S/c1-8-6-11(16-9(8)2)12(14)13-7-10-4-3-5-15-10/h6,10H,3-5,7H2,1-2H3,(H,13,14)/t10-/m0/s1. The zero-order chi connectivity index (χ0) is 11.5. The summed E-state index contributed by atoms with van der Waals surface area (Å²) in [5.74, 6) is 0.0247. The van der Waals surface area contributed by atoms with Crippen molar-refractivity contribution in [3.8, 4) is 0 Å². The van der Waals surface area contributed by atoms with Crippen molar-refractivity contribution in [2.45, 2.75) is 32.8 Å². The van der Waals surface area contributed by atoms with Crippen LogP contribution in [0.4, 0.5) is 0 Å². The average molecular weight is 239 g/mol. The lowest BCUT2D eigenvalue weighted by Gasteiger charge is -2.09. The van der Waals surface area contributed by atoms with Crippen LogP contribution >= 0.6 is 11.3 Å². The summed E-state index contributed by atoms with van der Waals surface area (Å²) >= 11 is 1.55. The molecule has 0 aromatic carbocycles. The number of carbonyl (C=O) groups excluding carboxylic acids is 1. The third kappa shape index (κ3) is 2.62. The summed E-state index contributed by atoms with van der Waals surface area (Å²) in [5, 5.41) is 2.93. The molecule has 1 saturated heterocycles. The van der Waals surface area contributed by atoms with Crippen molar-refractivity contribution in [2.24, 2.45) is 0 Å². The van der Waals surface area contributed by atoms with Crippen LogP contribution in [0, 0.1) is 13.8 Å². The van der Waals surface area contributed by atoms with Gasteiger partial charge in [0.1, 0.15) is 0 Å². The van der Waals surface area contributed by atoms with Gasteiger partial charge in [-0.15, -0.1) is 11.3 Å². The molecule has 1 aliphatic rings.